The molecule has 0 fully saturated rings. The average molecular weight is 336 g/mol. The van der Waals surface area contributed by atoms with Crippen LogP contribution in [0.15, 0.2) is 24.3 Å². The lowest BCUT2D eigenvalue weighted by Crippen LogP contribution is -2.48. The zero-order valence-electron chi connectivity index (χ0n) is 14.2. The second-order valence-corrected chi connectivity index (χ2v) is 5.81. The summed E-state index contributed by atoms with van der Waals surface area (Å²) in [6.07, 6.45) is 0.413. The normalized spacial score (nSPS) is 11.8. The molecule has 7 nitrogen and oxygen atoms in total. The molecule has 0 aliphatic carbocycles. The van der Waals surface area contributed by atoms with Crippen LogP contribution in [0.3, 0.4) is 0 Å². The first-order chi connectivity index (χ1) is 11.3. The predicted molar refractivity (Wildman–Crippen MR) is 89.7 cm³/mol. The van der Waals surface area contributed by atoms with Gasteiger partial charge in [-0.3, -0.25) is 14.4 Å². The number of carboxylic acids is 1. The Morgan fingerprint density at radius 2 is 1.96 bits per heavy atom. The van der Waals surface area contributed by atoms with Gasteiger partial charge in [0.2, 0.25) is 11.8 Å². The highest BCUT2D eigenvalue weighted by molar-refractivity contribution is 5.97. The molecule has 132 valence electrons. The van der Waals surface area contributed by atoms with Gasteiger partial charge >= 0.3 is 5.97 Å². The van der Waals surface area contributed by atoms with Crippen LogP contribution in [0.5, 0.6) is 0 Å². The number of nitrogens with one attached hydrogen (secondary N) is 2. The number of hydrogen-bond acceptors (Lipinski definition) is 4. The SMILES string of the molecule is COCC(=O)N[C@H](C(=O)Nc1cccc(CCC(=O)O)c1)C(C)C. The molecule has 1 atom stereocenters. The molecular formula is C17H24N2O5. The van der Waals surface area contributed by atoms with Crippen LogP contribution in [-0.4, -0.2) is 42.6 Å². The predicted octanol–water partition coefficient (Wildman–Crippen LogP) is 1.43. The molecule has 0 bridgehead atoms. The third-order valence-corrected chi connectivity index (χ3v) is 3.36. The maximum absolute atomic E-state index is 12.4. The first-order valence-electron chi connectivity index (χ1n) is 7.73. The average Bonchev–Trinajstić information content (AvgIpc) is 2.51. The highest BCUT2D eigenvalue weighted by atomic mass is 16.5. The molecule has 0 aliphatic heterocycles. The van der Waals surface area contributed by atoms with Crippen molar-refractivity contribution in [3.05, 3.63) is 29.8 Å². The van der Waals surface area contributed by atoms with E-state index in [1.165, 1.54) is 7.11 Å². The standard InChI is InChI=1S/C17H24N2O5/c1-11(2)16(19-14(20)10-24-3)17(23)18-13-6-4-5-12(9-13)7-8-15(21)22/h4-6,9,11,16H,7-8,10H2,1-3H3,(H,18,23)(H,19,20)(H,21,22)/t16-/m0/s1. The Morgan fingerprint density at radius 1 is 1.25 bits per heavy atom. The number of carbonyl (C=O) groups is 3. The van der Waals surface area contributed by atoms with Gasteiger partial charge in [-0.05, 0) is 30.0 Å². The molecule has 7 heteroatoms. The summed E-state index contributed by atoms with van der Waals surface area (Å²) in [5.74, 6) is -1.66. The zero-order valence-corrected chi connectivity index (χ0v) is 14.2. The highest BCUT2D eigenvalue weighted by Crippen LogP contribution is 2.14. The highest BCUT2D eigenvalue weighted by Gasteiger charge is 2.24. The fraction of sp³-hybridized carbons (Fsp3) is 0.471. The van der Waals surface area contributed by atoms with Crippen molar-refractivity contribution in [2.24, 2.45) is 5.92 Å². The van der Waals surface area contributed by atoms with E-state index in [9.17, 15) is 14.4 Å². The largest absolute Gasteiger partial charge is 0.481 e. The molecule has 0 unspecified atom stereocenters. The number of aryl methyl sites for hydroxylation is 1. The summed E-state index contributed by atoms with van der Waals surface area (Å²) in [6, 6.07) is 6.32. The van der Waals surface area contributed by atoms with Crippen molar-refractivity contribution in [2.75, 3.05) is 19.0 Å². The van der Waals surface area contributed by atoms with Gasteiger partial charge in [0.1, 0.15) is 12.6 Å². The second kappa shape index (κ2) is 9.67. The molecule has 1 rings (SSSR count). The molecule has 0 heterocycles. The van der Waals surface area contributed by atoms with Crippen LogP contribution in [0.4, 0.5) is 5.69 Å². The van der Waals surface area contributed by atoms with Gasteiger partial charge in [-0.2, -0.15) is 0 Å². The lowest BCUT2D eigenvalue weighted by atomic mass is 10.0. The zero-order chi connectivity index (χ0) is 18.1. The summed E-state index contributed by atoms with van der Waals surface area (Å²) in [5, 5.41) is 14.1. The fourth-order valence-electron chi connectivity index (χ4n) is 2.16. The Hall–Kier alpha value is -2.41. The van der Waals surface area contributed by atoms with Crippen LogP contribution >= 0.6 is 0 Å². The molecule has 2 amide bonds. The summed E-state index contributed by atoms with van der Waals surface area (Å²) in [6.45, 7) is 3.56. The molecule has 0 saturated carbocycles. The lowest BCUT2D eigenvalue weighted by Gasteiger charge is -2.21. The minimum Gasteiger partial charge on any atom is -0.481 e. The first kappa shape index (κ1) is 19.6. The van der Waals surface area contributed by atoms with Gasteiger partial charge in [0, 0.05) is 19.2 Å². The molecule has 0 aromatic heterocycles. The van der Waals surface area contributed by atoms with Crippen molar-refractivity contribution in [2.45, 2.75) is 32.7 Å². The van der Waals surface area contributed by atoms with E-state index in [-0.39, 0.29) is 30.8 Å². The van der Waals surface area contributed by atoms with E-state index < -0.39 is 12.0 Å². The van der Waals surface area contributed by atoms with E-state index in [0.29, 0.717) is 12.1 Å². The van der Waals surface area contributed by atoms with Gasteiger partial charge in [-0.15, -0.1) is 0 Å². The van der Waals surface area contributed by atoms with Crippen molar-refractivity contribution >= 4 is 23.5 Å². The van der Waals surface area contributed by atoms with E-state index >= 15 is 0 Å². The van der Waals surface area contributed by atoms with E-state index in [2.05, 4.69) is 10.6 Å². The van der Waals surface area contributed by atoms with Gasteiger partial charge in [0.25, 0.3) is 0 Å². The third-order valence-electron chi connectivity index (χ3n) is 3.36. The number of methoxy groups -OCH3 is 1. The Bertz CT molecular complexity index is 586. The van der Waals surface area contributed by atoms with Gasteiger partial charge < -0.3 is 20.5 Å². The number of carbonyl (C=O) groups excluding carboxylic acids is 2. The van der Waals surface area contributed by atoms with Crippen LogP contribution in [0.1, 0.15) is 25.8 Å². The summed E-state index contributed by atoms with van der Waals surface area (Å²) in [4.78, 5) is 34.7. The minimum atomic E-state index is -0.870. The Morgan fingerprint density at radius 3 is 2.54 bits per heavy atom. The van der Waals surface area contributed by atoms with Crippen LogP contribution in [0.2, 0.25) is 0 Å². The number of aliphatic carboxylic acids is 1. The Labute approximate surface area is 141 Å². The molecule has 1 aromatic carbocycles. The van der Waals surface area contributed by atoms with Crippen LogP contribution in [0, 0.1) is 5.92 Å². The number of hydrogen-bond donors (Lipinski definition) is 3. The molecular weight excluding hydrogens is 312 g/mol. The molecule has 0 aliphatic rings. The van der Waals surface area contributed by atoms with Crippen LogP contribution in [0.25, 0.3) is 0 Å². The summed E-state index contributed by atoms with van der Waals surface area (Å²) in [5.41, 5.74) is 1.38. The minimum absolute atomic E-state index is 0.0269. The maximum Gasteiger partial charge on any atom is 0.303 e. The quantitative estimate of drug-likeness (QED) is 0.633. The third kappa shape index (κ3) is 6.78. The molecule has 0 spiro atoms. The van der Waals surface area contributed by atoms with E-state index in [4.69, 9.17) is 9.84 Å². The first-order valence-corrected chi connectivity index (χ1v) is 7.73. The number of ether oxygens (including phenoxy) is 1. The van der Waals surface area contributed by atoms with Gasteiger partial charge in [-0.25, -0.2) is 0 Å². The number of benzene rings is 1. The fourth-order valence-corrected chi connectivity index (χ4v) is 2.16. The number of carboxylic acid groups (broad SMARTS) is 1. The van der Waals surface area contributed by atoms with Crippen LogP contribution < -0.4 is 10.6 Å². The Balaban J connectivity index is 2.74. The van der Waals surface area contributed by atoms with E-state index in [1.54, 1.807) is 24.3 Å². The monoisotopic (exact) mass is 336 g/mol. The van der Waals surface area contributed by atoms with Gasteiger partial charge in [-0.1, -0.05) is 26.0 Å². The van der Waals surface area contributed by atoms with Crippen LogP contribution in [-0.2, 0) is 25.5 Å². The smallest absolute Gasteiger partial charge is 0.303 e. The van der Waals surface area contributed by atoms with Crippen molar-refractivity contribution < 1.29 is 24.2 Å². The van der Waals surface area contributed by atoms with Crippen molar-refractivity contribution in [1.29, 1.82) is 0 Å². The number of amides is 2. The topological polar surface area (TPSA) is 105 Å². The second-order valence-electron chi connectivity index (χ2n) is 5.81. The van der Waals surface area contributed by atoms with E-state index in [1.807, 2.05) is 13.8 Å². The van der Waals surface area contributed by atoms with Crippen molar-refractivity contribution in [1.82, 2.24) is 5.32 Å². The van der Waals surface area contributed by atoms with Crippen molar-refractivity contribution in [3.63, 3.8) is 0 Å². The Kier molecular flexibility index (Phi) is 7.91. The van der Waals surface area contributed by atoms with Gasteiger partial charge in [0.05, 0.1) is 0 Å². The molecule has 3 N–H and O–H groups in total. The summed E-state index contributed by atoms with van der Waals surface area (Å²) >= 11 is 0. The maximum atomic E-state index is 12.4. The summed E-state index contributed by atoms with van der Waals surface area (Å²) < 4.78 is 4.75. The molecule has 0 saturated heterocycles. The van der Waals surface area contributed by atoms with Crippen molar-refractivity contribution in [3.8, 4) is 0 Å². The summed E-state index contributed by atoms with van der Waals surface area (Å²) in [7, 11) is 1.41. The molecule has 1 aromatic rings. The van der Waals surface area contributed by atoms with E-state index in [0.717, 1.165) is 5.56 Å². The lowest BCUT2D eigenvalue weighted by molar-refractivity contribution is -0.137. The molecule has 0 radical (unpaired) electrons. The van der Waals surface area contributed by atoms with Gasteiger partial charge in [0.15, 0.2) is 0 Å². The number of rotatable bonds is 9. The molecule has 24 heavy (non-hydrogen) atoms. The number of anilines is 1.